The lowest BCUT2D eigenvalue weighted by atomic mass is 9.81. The van der Waals surface area contributed by atoms with Crippen LogP contribution in [-0.2, 0) is 6.42 Å². The summed E-state index contributed by atoms with van der Waals surface area (Å²) in [5, 5.41) is 0. The van der Waals surface area contributed by atoms with Gasteiger partial charge in [-0.25, -0.2) is 0 Å². The first-order valence-electron chi connectivity index (χ1n) is 5.03. The zero-order valence-electron chi connectivity index (χ0n) is 8.38. The third-order valence-corrected chi connectivity index (χ3v) is 3.14. The number of aryl methyl sites for hydroxylation is 2. The van der Waals surface area contributed by atoms with Gasteiger partial charge in [-0.3, -0.25) is 0 Å². The van der Waals surface area contributed by atoms with Crippen molar-refractivity contribution < 1.29 is 0 Å². The van der Waals surface area contributed by atoms with Gasteiger partial charge in [-0.2, -0.15) is 0 Å². The van der Waals surface area contributed by atoms with Gasteiger partial charge >= 0.3 is 0 Å². The van der Waals surface area contributed by atoms with Crippen LogP contribution < -0.4 is 5.73 Å². The molecule has 2 unspecified atom stereocenters. The van der Waals surface area contributed by atoms with Crippen molar-refractivity contribution in [1.29, 1.82) is 0 Å². The highest BCUT2D eigenvalue weighted by molar-refractivity contribution is 5.35. The van der Waals surface area contributed by atoms with Crippen LogP contribution in [0.1, 0.15) is 36.1 Å². The first-order valence-corrected chi connectivity index (χ1v) is 5.03. The molecular weight excluding hydrogens is 158 g/mol. The molecule has 0 bridgehead atoms. The third-order valence-electron chi connectivity index (χ3n) is 3.14. The van der Waals surface area contributed by atoms with Crippen LogP contribution in [0, 0.1) is 12.8 Å². The normalized spacial score (nSPS) is 27.0. The highest BCUT2D eigenvalue weighted by atomic mass is 14.7. The van der Waals surface area contributed by atoms with Crippen LogP contribution >= 0.6 is 0 Å². The van der Waals surface area contributed by atoms with E-state index < -0.39 is 0 Å². The van der Waals surface area contributed by atoms with E-state index in [1.165, 1.54) is 29.5 Å². The molecule has 0 saturated heterocycles. The molecule has 1 nitrogen and oxygen atoms in total. The van der Waals surface area contributed by atoms with Gasteiger partial charge in [-0.15, -0.1) is 0 Å². The molecule has 0 aliphatic heterocycles. The molecule has 1 heteroatoms. The number of rotatable bonds is 0. The van der Waals surface area contributed by atoms with Crippen LogP contribution in [0.5, 0.6) is 0 Å². The van der Waals surface area contributed by atoms with Gasteiger partial charge in [-0.05, 0) is 36.8 Å². The number of hydrogen-bond donors (Lipinski definition) is 1. The highest BCUT2D eigenvalue weighted by Gasteiger charge is 2.22. The maximum Gasteiger partial charge on any atom is 0.0323 e. The maximum absolute atomic E-state index is 6.16. The second kappa shape index (κ2) is 3.15. The topological polar surface area (TPSA) is 26.0 Å². The van der Waals surface area contributed by atoms with Crippen molar-refractivity contribution in [2.75, 3.05) is 0 Å². The summed E-state index contributed by atoms with van der Waals surface area (Å²) in [7, 11) is 0. The summed E-state index contributed by atoms with van der Waals surface area (Å²) in [6.45, 7) is 4.38. The third kappa shape index (κ3) is 1.49. The molecule has 13 heavy (non-hydrogen) atoms. The Labute approximate surface area is 80.0 Å². The molecule has 2 rings (SSSR count). The molecule has 2 atom stereocenters. The molecule has 0 fully saturated rings. The Morgan fingerprint density at radius 1 is 1.38 bits per heavy atom. The molecule has 1 aliphatic rings. The van der Waals surface area contributed by atoms with Crippen molar-refractivity contribution in [2.45, 2.75) is 32.7 Å². The van der Waals surface area contributed by atoms with E-state index in [-0.39, 0.29) is 6.04 Å². The Balaban J connectivity index is 2.45. The summed E-state index contributed by atoms with van der Waals surface area (Å²) in [5.74, 6) is 0.634. The first kappa shape index (κ1) is 8.76. The second-order valence-corrected chi connectivity index (χ2v) is 4.24. The van der Waals surface area contributed by atoms with Gasteiger partial charge in [0, 0.05) is 6.04 Å². The molecule has 2 N–H and O–H groups in total. The zero-order chi connectivity index (χ0) is 9.42. The number of fused-ring (bicyclic) bond motifs is 1. The van der Waals surface area contributed by atoms with E-state index in [0.717, 1.165) is 0 Å². The highest BCUT2D eigenvalue weighted by Crippen LogP contribution is 2.32. The minimum atomic E-state index is 0.253. The Morgan fingerprint density at radius 2 is 2.15 bits per heavy atom. The van der Waals surface area contributed by atoms with Gasteiger partial charge in [0.25, 0.3) is 0 Å². The molecular formula is C12H17N. The predicted molar refractivity (Wildman–Crippen MR) is 55.6 cm³/mol. The van der Waals surface area contributed by atoms with Crippen LogP contribution in [0.4, 0.5) is 0 Å². The molecule has 0 spiro atoms. The Hall–Kier alpha value is -0.820. The van der Waals surface area contributed by atoms with Crippen LogP contribution in [-0.4, -0.2) is 0 Å². The molecule has 0 radical (unpaired) electrons. The van der Waals surface area contributed by atoms with Crippen molar-refractivity contribution >= 4 is 0 Å². The minimum absolute atomic E-state index is 0.253. The molecule has 70 valence electrons. The lowest BCUT2D eigenvalue weighted by Crippen LogP contribution is -2.25. The van der Waals surface area contributed by atoms with Gasteiger partial charge in [0.2, 0.25) is 0 Å². The Morgan fingerprint density at radius 3 is 2.92 bits per heavy atom. The first-order chi connectivity index (χ1) is 6.18. The predicted octanol–water partition coefficient (Wildman–Crippen LogP) is 2.58. The number of benzene rings is 1. The molecule has 0 amide bonds. The van der Waals surface area contributed by atoms with Gasteiger partial charge in [-0.1, -0.05) is 30.7 Å². The fourth-order valence-electron chi connectivity index (χ4n) is 2.12. The smallest absolute Gasteiger partial charge is 0.0323 e. The van der Waals surface area contributed by atoms with Crippen molar-refractivity contribution in [1.82, 2.24) is 0 Å². The molecule has 0 saturated carbocycles. The van der Waals surface area contributed by atoms with E-state index in [2.05, 4.69) is 32.0 Å². The average molecular weight is 175 g/mol. The van der Waals surface area contributed by atoms with E-state index in [0.29, 0.717) is 5.92 Å². The van der Waals surface area contributed by atoms with E-state index in [4.69, 9.17) is 5.73 Å². The molecule has 0 aromatic heterocycles. The van der Waals surface area contributed by atoms with E-state index in [9.17, 15) is 0 Å². The monoisotopic (exact) mass is 175 g/mol. The van der Waals surface area contributed by atoms with E-state index >= 15 is 0 Å². The van der Waals surface area contributed by atoms with E-state index in [1.54, 1.807) is 0 Å². The second-order valence-electron chi connectivity index (χ2n) is 4.24. The van der Waals surface area contributed by atoms with Gasteiger partial charge in [0.05, 0.1) is 0 Å². The molecule has 1 aromatic carbocycles. The van der Waals surface area contributed by atoms with Crippen LogP contribution in [0.25, 0.3) is 0 Å². The quantitative estimate of drug-likeness (QED) is 0.644. The van der Waals surface area contributed by atoms with Crippen molar-refractivity contribution in [2.24, 2.45) is 11.7 Å². The summed E-state index contributed by atoms with van der Waals surface area (Å²) in [4.78, 5) is 0. The summed E-state index contributed by atoms with van der Waals surface area (Å²) in [6, 6.07) is 6.91. The largest absolute Gasteiger partial charge is 0.324 e. The lowest BCUT2D eigenvalue weighted by Gasteiger charge is -2.28. The number of hydrogen-bond acceptors (Lipinski definition) is 1. The molecule has 1 aliphatic carbocycles. The fourth-order valence-corrected chi connectivity index (χ4v) is 2.12. The zero-order valence-corrected chi connectivity index (χ0v) is 8.38. The van der Waals surface area contributed by atoms with Crippen molar-refractivity contribution in [3.05, 3.63) is 34.9 Å². The van der Waals surface area contributed by atoms with Crippen molar-refractivity contribution in [3.63, 3.8) is 0 Å². The van der Waals surface area contributed by atoms with Gasteiger partial charge < -0.3 is 5.73 Å². The average Bonchev–Trinajstić information content (AvgIpc) is 2.12. The van der Waals surface area contributed by atoms with Crippen LogP contribution in [0.2, 0.25) is 0 Å². The molecule has 0 heterocycles. The van der Waals surface area contributed by atoms with Gasteiger partial charge in [0.15, 0.2) is 0 Å². The number of nitrogens with two attached hydrogens (primary N) is 1. The SMILES string of the molecule is Cc1ccc2c(c1)C(N)C(C)CC2. The van der Waals surface area contributed by atoms with Crippen LogP contribution in [0.3, 0.4) is 0 Å². The van der Waals surface area contributed by atoms with Crippen LogP contribution in [0.15, 0.2) is 18.2 Å². The van der Waals surface area contributed by atoms with Gasteiger partial charge in [0.1, 0.15) is 0 Å². The lowest BCUT2D eigenvalue weighted by molar-refractivity contribution is 0.412. The molecule has 1 aromatic rings. The summed E-state index contributed by atoms with van der Waals surface area (Å²) in [6.07, 6.45) is 2.43. The minimum Gasteiger partial charge on any atom is -0.324 e. The maximum atomic E-state index is 6.16. The fraction of sp³-hybridized carbons (Fsp3) is 0.500. The Bertz CT molecular complexity index is 317. The van der Waals surface area contributed by atoms with Crippen molar-refractivity contribution in [3.8, 4) is 0 Å². The summed E-state index contributed by atoms with van der Waals surface area (Å²) >= 11 is 0. The van der Waals surface area contributed by atoms with E-state index in [1.807, 2.05) is 0 Å². The summed E-state index contributed by atoms with van der Waals surface area (Å²) in [5.41, 5.74) is 10.3. The Kier molecular flexibility index (Phi) is 2.12. The summed E-state index contributed by atoms with van der Waals surface area (Å²) < 4.78 is 0. The standard InChI is InChI=1S/C12H17N/c1-8-3-5-10-6-4-9(2)12(13)11(10)7-8/h3,5,7,9,12H,4,6,13H2,1-2H3.